The van der Waals surface area contributed by atoms with Gasteiger partial charge in [0.1, 0.15) is 11.4 Å². The second kappa shape index (κ2) is 9.14. The number of nitro groups is 1. The van der Waals surface area contributed by atoms with Crippen LogP contribution in [0.3, 0.4) is 0 Å². The van der Waals surface area contributed by atoms with E-state index in [-0.39, 0.29) is 11.4 Å². The summed E-state index contributed by atoms with van der Waals surface area (Å²) in [5.41, 5.74) is 0.178. The highest BCUT2D eigenvalue weighted by molar-refractivity contribution is 5.97. The van der Waals surface area contributed by atoms with Crippen molar-refractivity contribution >= 4 is 23.3 Å². The molecule has 0 saturated heterocycles. The Labute approximate surface area is 160 Å². The van der Waals surface area contributed by atoms with E-state index in [1.807, 2.05) is 6.07 Å². The molecule has 0 aliphatic carbocycles. The molecule has 144 valence electrons. The van der Waals surface area contributed by atoms with E-state index in [1.165, 1.54) is 62.4 Å². The Bertz CT molecular complexity index is 920. The summed E-state index contributed by atoms with van der Waals surface area (Å²) in [5.74, 6) is -1.14. The fourth-order valence-corrected chi connectivity index (χ4v) is 2.16. The van der Waals surface area contributed by atoms with Gasteiger partial charge in [-0.05, 0) is 44.2 Å². The Balaban J connectivity index is 1.94. The van der Waals surface area contributed by atoms with Gasteiger partial charge in [0.2, 0.25) is 0 Å². The molecular weight excluding hydrogens is 366 g/mol. The SMILES string of the molecule is C[C@H](OC(=O)[C@@H](C)Oc1ccc(C#N)cc1)C(=O)Nc1ccccc1[N+](=O)[O-]. The van der Waals surface area contributed by atoms with Gasteiger partial charge in [0.15, 0.2) is 12.2 Å². The van der Waals surface area contributed by atoms with E-state index in [0.29, 0.717) is 11.3 Å². The molecule has 28 heavy (non-hydrogen) atoms. The molecule has 0 heterocycles. The summed E-state index contributed by atoms with van der Waals surface area (Å²) < 4.78 is 10.5. The van der Waals surface area contributed by atoms with Crippen molar-refractivity contribution in [2.75, 3.05) is 5.32 Å². The summed E-state index contributed by atoms with van der Waals surface area (Å²) in [7, 11) is 0. The molecule has 1 amide bonds. The van der Waals surface area contributed by atoms with E-state index >= 15 is 0 Å². The molecule has 9 heteroatoms. The molecule has 2 aromatic carbocycles. The molecule has 0 aliphatic rings. The number of nitrogens with one attached hydrogen (secondary N) is 1. The average Bonchev–Trinajstić information content (AvgIpc) is 2.68. The Kier molecular flexibility index (Phi) is 6.65. The van der Waals surface area contributed by atoms with Crippen molar-refractivity contribution in [1.82, 2.24) is 0 Å². The normalized spacial score (nSPS) is 12.2. The fraction of sp³-hybridized carbons (Fsp3) is 0.211. The fourth-order valence-electron chi connectivity index (χ4n) is 2.16. The molecule has 0 saturated carbocycles. The highest BCUT2D eigenvalue weighted by atomic mass is 16.6. The average molecular weight is 383 g/mol. The monoisotopic (exact) mass is 383 g/mol. The minimum atomic E-state index is -1.20. The van der Waals surface area contributed by atoms with Crippen LogP contribution in [0.4, 0.5) is 11.4 Å². The summed E-state index contributed by atoms with van der Waals surface area (Å²) in [4.78, 5) is 34.7. The highest BCUT2D eigenvalue weighted by Gasteiger charge is 2.25. The first-order valence-corrected chi connectivity index (χ1v) is 8.23. The number of benzene rings is 2. The van der Waals surface area contributed by atoms with Crippen molar-refractivity contribution < 1.29 is 24.0 Å². The zero-order valence-corrected chi connectivity index (χ0v) is 15.1. The van der Waals surface area contributed by atoms with Crippen molar-refractivity contribution in [2.24, 2.45) is 0 Å². The maximum absolute atomic E-state index is 12.2. The Morgan fingerprint density at radius 2 is 1.75 bits per heavy atom. The van der Waals surface area contributed by atoms with Crippen LogP contribution in [-0.2, 0) is 14.3 Å². The molecule has 1 N–H and O–H groups in total. The summed E-state index contributed by atoms with van der Waals surface area (Å²) in [6, 6.07) is 13.7. The Hall–Kier alpha value is -3.93. The molecule has 2 aromatic rings. The first kappa shape index (κ1) is 20.4. The molecule has 0 radical (unpaired) electrons. The number of anilines is 1. The van der Waals surface area contributed by atoms with Gasteiger partial charge in [-0.1, -0.05) is 12.1 Å². The van der Waals surface area contributed by atoms with Crippen LogP contribution in [-0.4, -0.2) is 29.0 Å². The number of nitriles is 1. The largest absolute Gasteiger partial charge is 0.479 e. The molecule has 9 nitrogen and oxygen atoms in total. The summed E-state index contributed by atoms with van der Waals surface area (Å²) >= 11 is 0. The quantitative estimate of drug-likeness (QED) is 0.442. The lowest BCUT2D eigenvalue weighted by atomic mass is 10.2. The van der Waals surface area contributed by atoms with Crippen LogP contribution in [0.15, 0.2) is 48.5 Å². The third kappa shape index (κ3) is 5.28. The van der Waals surface area contributed by atoms with Gasteiger partial charge in [0.05, 0.1) is 16.6 Å². The summed E-state index contributed by atoms with van der Waals surface area (Å²) in [6.45, 7) is 2.80. The zero-order chi connectivity index (χ0) is 20.7. The number of amides is 1. The van der Waals surface area contributed by atoms with Gasteiger partial charge in [0.25, 0.3) is 11.6 Å². The number of ether oxygens (including phenoxy) is 2. The van der Waals surface area contributed by atoms with Crippen molar-refractivity contribution in [3.05, 3.63) is 64.2 Å². The molecule has 0 bridgehead atoms. The zero-order valence-electron chi connectivity index (χ0n) is 15.1. The highest BCUT2D eigenvalue weighted by Crippen LogP contribution is 2.23. The Morgan fingerprint density at radius 1 is 1.11 bits per heavy atom. The number of rotatable bonds is 7. The molecular formula is C19H17N3O6. The summed E-state index contributed by atoms with van der Waals surface area (Å²) in [5, 5.41) is 22.1. The third-order valence-electron chi connectivity index (χ3n) is 3.65. The topological polar surface area (TPSA) is 132 Å². The first-order valence-electron chi connectivity index (χ1n) is 8.23. The van der Waals surface area contributed by atoms with Crippen LogP contribution < -0.4 is 10.1 Å². The number of carbonyl (C=O) groups is 2. The third-order valence-corrected chi connectivity index (χ3v) is 3.65. The van der Waals surface area contributed by atoms with Crippen LogP contribution in [0.25, 0.3) is 0 Å². The number of hydrogen-bond donors (Lipinski definition) is 1. The van der Waals surface area contributed by atoms with Crippen molar-refractivity contribution in [1.29, 1.82) is 5.26 Å². The number of esters is 1. The second-order valence-electron chi connectivity index (χ2n) is 5.74. The van der Waals surface area contributed by atoms with Crippen LogP contribution in [0.2, 0.25) is 0 Å². The standard InChI is InChI=1S/C19H17N3O6/c1-12(18(23)21-16-5-3-4-6-17(16)22(25)26)28-19(24)13(2)27-15-9-7-14(11-20)8-10-15/h3-10,12-13H,1-2H3,(H,21,23)/t12-,13+/m0/s1. The van der Waals surface area contributed by atoms with Crippen LogP contribution in [0.1, 0.15) is 19.4 Å². The van der Waals surface area contributed by atoms with Gasteiger partial charge < -0.3 is 14.8 Å². The van der Waals surface area contributed by atoms with E-state index in [4.69, 9.17) is 14.7 Å². The first-order chi connectivity index (χ1) is 13.3. The van der Waals surface area contributed by atoms with Gasteiger partial charge in [-0.25, -0.2) is 4.79 Å². The molecule has 0 aromatic heterocycles. The minimum absolute atomic E-state index is 0.00211. The molecule has 0 fully saturated rings. The number of nitrogens with zero attached hydrogens (tertiary/aromatic N) is 2. The second-order valence-corrected chi connectivity index (χ2v) is 5.74. The maximum atomic E-state index is 12.2. The number of para-hydroxylation sites is 2. The van der Waals surface area contributed by atoms with Crippen molar-refractivity contribution in [2.45, 2.75) is 26.1 Å². The predicted octanol–water partition coefficient (Wildman–Crippen LogP) is 2.80. The van der Waals surface area contributed by atoms with Crippen molar-refractivity contribution in [3.8, 4) is 11.8 Å². The maximum Gasteiger partial charge on any atom is 0.347 e. The van der Waals surface area contributed by atoms with Gasteiger partial charge in [-0.15, -0.1) is 0 Å². The predicted molar refractivity (Wildman–Crippen MR) is 98.5 cm³/mol. The van der Waals surface area contributed by atoms with E-state index in [0.717, 1.165) is 0 Å². The number of nitro benzene ring substituents is 1. The number of carbonyl (C=O) groups excluding carboxylic acids is 2. The minimum Gasteiger partial charge on any atom is -0.479 e. The van der Waals surface area contributed by atoms with E-state index < -0.39 is 29.0 Å². The lowest BCUT2D eigenvalue weighted by Gasteiger charge is -2.17. The lowest BCUT2D eigenvalue weighted by Crippen LogP contribution is -2.35. The van der Waals surface area contributed by atoms with Crippen LogP contribution >= 0.6 is 0 Å². The Morgan fingerprint density at radius 3 is 2.36 bits per heavy atom. The van der Waals surface area contributed by atoms with E-state index in [2.05, 4.69) is 5.32 Å². The number of hydrogen-bond acceptors (Lipinski definition) is 7. The van der Waals surface area contributed by atoms with Crippen LogP contribution in [0, 0.1) is 21.4 Å². The molecule has 0 spiro atoms. The lowest BCUT2D eigenvalue weighted by molar-refractivity contribution is -0.383. The van der Waals surface area contributed by atoms with E-state index in [9.17, 15) is 19.7 Å². The van der Waals surface area contributed by atoms with Gasteiger partial charge >= 0.3 is 5.97 Å². The van der Waals surface area contributed by atoms with Gasteiger partial charge in [0, 0.05) is 6.07 Å². The van der Waals surface area contributed by atoms with Gasteiger partial charge in [-0.3, -0.25) is 14.9 Å². The smallest absolute Gasteiger partial charge is 0.347 e. The molecule has 2 atom stereocenters. The molecule has 0 aliphatic heterocycles. The summed E-state index contributed by atoms with van der Waals surface area (Å²) in [6.07, 6.45) is -2.20. The molecule has 2 rings (SSSR count). The van der Waals surface area contributed by atoms with Crippen LogP contribution in [0.5, 0.6) is 5.75 Å². The van der Waals surface area contributed by atoms with E-state index in [1.54, 1.807) is 0 Å². The molecule has 0 unspecified atom stereocenters. The van der Waals surface area contributed by atoms with Crippen molar-refractivity contribution in [3.63, 3.8) is 0 Å². The van der Waals surface area contributed by atoms with Gasteiger partial charge in [-0.2, -0.15) is 5.26 Å².